The summed E-state index contributed by atoms with van der Waals surface area (Å²) in [4.78, 5) is 21.0. The Hall–Kier alpha value is -2.59. The predicted octanol–water partition coefficient (Wildman–Crippen LogP) is 4.14. The molecule has 0 aliphatic carbocycles. The molecule has 1 fully saturated rings. The second kappa shape index (κ2) is 10.4. The Morgan fingerprint density at radius 3 is 2.59 bits per heavy atom. The third-order valence-electron chi connectivity index (χ3n) is 5.72. The van der Waals surface area contributed by atoms with Gasteiger partial charge in [-0.3, -0.25) is 4.79 Å². The topological polar surface area (TPSA) is 79.8 Å². The largest absolute Gasteiger partial charge is 0.373 e. The van der Waals surface area contributed by atoms with E-state index >= 15 is 0 Å². The second-order valence-corrected chi connectivity index (χ2v) is 11.6. The molecule has 3 heterocycles. The predicted molar refractivity (Wildman–Crippen MR) is 134 cm³/mol. The standard InChI is InChI=1S/C25H29N3O4S2/c1-18-7-5-11-26-25(18)27(16-22-9-6-12-33-22)17-24(29)21-8-4-10-23(13-21)34(30,31)28-14-19(2)32-20(3)15-28/h4-13,19-20H,14-17H2,1-3H3. The van der Waals surface area contributed by atoms with Crippen LogP contribution in [0.15, 0.2) is 65.0 Å². The van der Waals surface area contributed by atoms with Gasteiger partial charge in [-0.05, 0) is 56.0 Å². The number of rotatable bonds is 8. The average molecular weight is 500 g/mol. The summed E-state index contributed by atoms with van der Waals surface area (Å²) in [6.45, 7) is 6.90. The number of hydrogen-bond acceptors (Lipinski definition) is 7. The fraction of sp³-hybridized carbons (Fsp3) is 0.360. The number of sulfonamides is 1. The van der Waals surface area contributed by atoms with Crippen molar-refractivity contribution < 1.29 is 17.9 Å². The van der Waals surface area contributed by atoms with E-state index in [0.29, 0.717) is 25.2 Å². The number of ketones is 1. The molecular weight excluding hydrogens is 470 g/mol. The van der Waals surface area contributed by atoms with E-state index in [1.54, 1.807) is 35.7 Å². The maximum Gasteiger partial charge on any atom is 0.243 e. The highest BCUT2D eigenvalue weighted by atomic mass is 32.2. The van der Waals surface area contributed by atoms with Gasteiger partial charge in [0.25, 0.3) is 0 Å². The minimum Gasteiger partial charge on any atom is -0.373 e. The monoisotopic (exact) mass is 499 g/mol. The third-order valence-corrected chi connectivity index (χ3v) is 8.41. The number of hydrogen-bond donors (Lipinski definition) is 0. The Kier molecular flexibility index (Phi) is 7.47. The first kappa shape index (κ1) is 24.5. The molecule has 0 N–H and O–H groups in total. The number of ether oxygens (including phenoxy) is 1. The van der Waals surface area contributed by atoms with Gasteiger partial charge in [-0.2, -0.15) is 4.31 Å². The Balaban J connectivity index is 1.58. The molecular formula is C25H29N3O4S2. The lowest BCUT2D eigenvalue weighted by molar-refractivity contribution is -0.0440. The molecule has 4 rings (SSSR count). The first-order valence-corrected chi connectivity index (χ1v) is 13.5. The Bertz CT molecular complexity index is 1230. The van der Waals surface area contributed by atoms with Gasteiger partial charge in [0.2, 0.25) is 10.0 Å². The van der Waals surface area contributed by atoms with Gasteiger partial charge < -0.3 is 9.64 Å². The molecule has 34 heavy (non-hydrogen) atoms. The van der Waals surface area contributed by atoms with E-state index in [9.17, 15) is 13.2 Å². The van der Waals surface area contributed by atoms with Crippen molar-refractivity contribution in [2.75, 3.05) is 24.5 Å². The maximum absolute atomic E-state index is 13.3. The molecule has 180 valence electrons. The van der Waals surface area contributed by atoms with Crippen LogP contribution in [0, 0.1) is 6.92 Å². The molecule has 3 aromatic rings. The van der Waals surface area contributed by atoms with Gasteiger partial charge in [0.05, 0.1) is 30.2 Å². The fourth-order valence-electron chi connectivity index (χ4n) is 4.18. The molecule has 9 heteroatoms. The highest BCUT2D eigenvalue weighted by Crippen LogP contribution is 2.24. The lowest BCUT2D eigenvalue weighted by Gasteiger charge is -2.34. The van der Waals surface area contributed by atoms with E-state index in [1.165, 1.54) is 10.4 Å². The van der Waals surface area contributed by atoms with E-state index in [1.807, 2.05) is 55.3 Å². The minimum atomic E-state index is -3.74. The number of aryl methyl sites for hydroxylation is 1. The zero-order valence-electron chi connectivity index (χ0n) is 19.5. The van der Waals surface area contributed by atoms with E-state index in [0.717, 1.165) is 16.3 Å². The summed E-state index contributed by atoms with van der Waals surface area (Å²) in [5.74, 6) is 0.576. The van der Waals surface area contributed by atoms with Crippen molar-refractivity contribution in [1.29, 1.82) is 0 Å². The number of anilines is 1. The van der Waals surface area contributed by atoms with Crippen LogP contribution in [0.1, 0.15) is 34.6 Å². The zero-order chi connectivity index (χ0) is 24.3. The van der Waals surface area contributed by atoms with Gasteiger partial charge in [0.1, 0.15) is 5.82 Å². The number of nitrogens with zero attached hydrogens (tertiary/aromatic N) is 3. The molecule has 0 bridgehead atoms. The molecule has 2 aromatic heterocycles. The lowest BCUT2D eigenvalue weighted by atomic mass is 10.1. The van der Waals surface area contributed by atoms with Crippen molar-refractivity contribution in [3.63, 3.8) is 0 Å². The summed E-state index contributed by atoms with van der Waals surface area (Å²) >= 11 is 1.62. The molecule has 1 aliphatic heterocycles. The van der Waals surface area contributed by atoms with E-state index in [4.69, 9.17) is 4.74 Å². The highest BCUT2D eigenvalue weighted by Gasteiger charge is 2.32. The van der Waals surface area contributed by atoms with E-state index in [-0.39, 0.29) is 29.4 Å². The van der Waals surface area contributed by atoms with Crippen LogP contribution in [0.4, 0.5) is 5.82 Å². The summed E-state index contributed by atoms with van der Waals surface area (Å²) < 4.78 is 33.7. The van der Waals surface area contributed by atoms with Crippen molar-refractivity contribution in [1.82, 2.24) is 9.29 Å². The van der Waals surface area contributed by atoms with Gasteiger partial charge in [-0.25, -0.2) is 13.4 Å². The first-order valence-electron chi connectivity index (χ1n) is 11.2. The molecule has 1 saturated heterocycles. The van der Waals surface area contributed by atoms with Crippen molar-refractivity contribution in [2.45, 2.75) is 44.4 Å². The molecule has 1 aliphatic rings. The zero-order valence-corrected chi connectivity index (χ0v) is 21.2. The van der Waals surface area contributed by atoms with E-state index < -0.39 is 10.0 Å². The number of aromatic nitrogens is 1. The van der Waals surface area contributed by atoms with Crippen LogP contribution >= 0.6 is 11.3 Å². The smallest absolute Gasteiger partial charge is 0.243 e. The van der Waals surface area contributed by atoms with Crippen molar-refractivity contribution in [2.24, 2.45) is 0 Å². The van der Waals surface area contributed by atoms with Gasteiger partial charge in [0, 0.05) is 29.7 Å². The number of carbonyl (C=O) groups excluding carboxylic acids is 1. The number of carbonyl (C=O) groups is 1. The van der Waals surface area contributed by atoms with Crippen LogP contribution in [0.25, 0.3) is 0 Å². The van der Waals surface area contributed by atoms with Crippen molar-refractivity contribution in [3.8, 4) is 0 Å². The summed E-state index contributed by atoms with van der Waals surface area (Å²) in [6, 6.07) is 14.2. The van der Waals surface area contributed by atoms with Crippen LogP contribution in [0.5, 0.6) is 0 Å². The molecule has 1 aromatic carbocycles. The van der Waals surface area contributed by atoms with Crippen LogP contribution in [0.2, 0.25) is 0 Å². The number of thiophene rings is 1. The molecule has 2 atom stereocenters. The Labute approximate surface area is 205 Å². The fourth-order valence-corrected chi connectivity index (χ4v) is 6.53. The van der Waals surface area contributed by atoms with Crippen LogP contribution in [0.3, 0.4) is 0 Å². The Morgan fingerprint density at radius 2 is 1.91 bits per heavy atom. The number of benzene rings is 1. The van der Waals surface area contributed by atoms with Gasteiger partial charge in [0.15, 0.2) is 5.78 Å². The quantitative estimate of drug-likeness (QED) is 0.434. The van der Waals surface area contributed by atoms with Gasteiger partial charge >= 0.3 is 0 Å². The Morgan fingerprint density at radius 1 is 1.15 bits per heavy atom. The highest BCUT2D eigenvalue weighted by molar-refractivity contribution is 7.89. The number of pyridine rings is 1. The van der Waals surface area contributed by atoms with Crippen LogP contribution in [-0.4, -0.2) is 55.3 Å². The molecule has 0 spiro atoms. The van der Waals surface area contributed by atoms with Gasteiger partial charge in [-0.1, -0.05) is 24.3 Å². The molecule has 2 unspecified atom stereocenters. The van der Waals surface area contributed by atoms with Gasteiger partial charge in [-0.15, -0.1) is 11.3 Å². The normalized spacial score (nSPS) is 19.1. The van der Waals surface area contributed by atoms with Crippen LogP contribution in [-0.2, 0) is 21.3 Å². The van der Waals surface area contributed by atoms with Crippen molar-refractivity contribution >= 4 is 33.0 Å². The summed E-state index contributed by atoms with van der Waals surface area (Å²) in [5, 5.41) is 2.00. The van der Waals surface area contributed by atoms with E-state index in [2.05, 4.69) is 4.98 Å². The minimum absolute atomic E-state index is 0.0882. The average Bonchev–Trinajstić information content (AvgIpc) is 3.31. The van der Waals surface area contributed by atoms with Crippen LogP contribution < -0.4 is 4.90 Å². The summed E-state index contributed by atoms with van der Waals surface area (Å²) in [5.41, 5.74) is 1.33. The molecule has 7 nitrogen and oxygen atoms in total. The molecule has 0 radical (unpaired) electrons. The SMILES string of the molecule is Cc1cccnc1N(CC(=O)c1cccc(S(=O)(=O)N2CC(C)OC(C)C2)c1)Cc1cccs1. The third kappa shape index (κ3) is 5.55. The summed E-state index contributed by atoms with van der Waals surface area (Å²) in [7, 11) is -3.74. The lowest BCUT2D eigenvalue weighted by Crippen LogP contribution is -2.48. The second-order valence-electron chi connectivity index (χ2n) is 8.61. The first-order chi connectivity index (χ1) is 16.2. The number of Topliss-reactive ketones (excluding diaryl/α,β-unsaturated/α-hetero) is 1. The maximum atomic E-state index is 13.3. The summed E-state index contributed by atoms with van der Waals surface area (Å²) in [6.07, 6.45) is 1.35. The molecule has 0 saturated carbocycles. The molecule has 0 amide bonds. The van der Waals surface area contributed by atoms with Crippen molar-refractivity contribution in [3.05, 3.63) is 76.1 Å². The number of morpholine rings is 1.